The molecule has 0 aliphatic carbocycles. The minimum Gasteiger partial charge on any atom is -0.480 e. The van der Waals surface area contributed by atoms with Crippen molar-refractivity contribution >= 4 is 17.5 Å². The van der Waals surface area contributed by atoms with Crippen molar-refractivity contribution in [3.05, 3.63) is 15.8 Å². The number of hydrogen-bond donors (Lipinski definition) is 2. The van der Waals surface area contributed by atoms with Crippen LogP contribution in [0.2, 0.25) is 0 Å². The molecule has 0 radical (unpaired) electrons. The lowest BCUT2D eigenvalue weighted by Gasteiger charge is -2.09. The van der Waals surface area contributed by atoms with Crippen LogP contribution in [0.4, 0.5) is 11.5 Å². The van der Waals surface area contributed by atoms with E-state index in [4.69, 9.17) is 5.11 Å². The number of aryl methyl sites for hydroxylation is 2. The Kier molecular flexibility index (Phi) is 3.11. The Bertz CT molecular complexity index is 439. The SMILES string of the molecule is Cc1nn(C)c(NC(C)C(=O)O)c1[N+](=O)[O-]. The molecule has 0 fully saturated rings. The molecule has 2 N–H and O–H groups in total. The second-order valence-electron chi connectivity index (χ2n) is 3.37. The van der Waals surface area contributed by atoms with Crippen molar-refractivity contribution in [1.82, 2.24) is 9.78 Å². The fourth-order valence-electron chi connectivity index (χ4n) is 1.29. The summed E-state index contributed by atoms with van der Waals surface area (Å²) in [6, 6.07) is -0.923. The zero-order valence-corrected chi connectivity index (χ0v) is 9.09. The van der Waals surface area contributed by atoms with Crippen molar-refractivity contribution < 1.29 is 14.8 Å². The zero-order chi connectivity index (χ0) is 12.5. The number of nitrogens with zero attached hydrogens (tertiary/aromatic N) is 3. The number of carbonyl (C=O) groups is 1. The molecule has 16 heavy (non-hydrogen) atoms. The molecule has 0 spiro atoms. The molecule has 0 aliphatic heterocycles. The molecule has 0 amide bonds. The van der Waals surface area contributed by atoms with Crippen LogP contribution in [0.15, 0.2) is 0 Å². The lowest BCUT2D eigenvalue weighted by Crippen LogP contribution is -2.26. The standard InChI is InChI=1S/C8H12N4O4/c1-4-6(12(15)16)7(11(3)10-4)9-5(2)8(13)14/h5,9H,1-3H3,(H,13,14). The van der Waals surface area contributed by atoms with Gasteiger partial charge in [0, 0.05) is 7.05 Å². The molecule has 1 aromatic heterocycles. The molecule has 1 unspecified atom stereocenters. The van der Waals surface area contributed by atoms with E-state index in [-0.39, 0.29) is 17.2 Å². The van der Waals surface area contributed by atoms with E-state index in [2.05, 4.69) is 10.4 Å². The Balaban J connectivity index is 3.12. The van der Waals surface area contributed by atoms with Crippen molar-refractivity contribution in [3.63, 3.8) is 0 Å². The maximum absolute atomic E-state index is 10.8. The van der Waals surface area contributed by atoms with Crippen LogP contribution in [0.1, 0.15) is 12.6 Å². The normalized spacial score (nSPS) is 12.2. The Morgan fingerprint density at radius 1 is 1.69 bits per heavy atom. The largest absolute Gasteiger partial charge is 0.480 e. The minimum absolute atomic E-state index is 0.0948. The van der Waals surface area contributed by atoms with E-state index in [0.717, 1.165) is 0 Å². The molecule has 0 aliphatic rings. The van der Waals surface area contributed by atoms with Crippen molar-refractivity contribution in [1.29, 1.82) is 0 Å². The molecule has 8 heteroatoms. The monoisotopic (exact) mass is 228 g/mol. The van der Waals surface area contributed by atoms with Gasteiger partial charge >= 0.3 is 11.7 Å². The molecule has 0 saturated carbocycles. The van der Waals surface area contributed by atoms with E-state index in [9.17, 15) is 14.9 Å². The fraction of sp³-hybridized carbons (Fsp3) is 0.500. The van der Waals surface area contributed by atoms with E-state index in [1.54, 1.807) is 0 Å². The number of aliphatic carboxylic acids is 1. The Hall–Kier alpha value is -2.12. The summed E-state index contributed by atoms with van der Waals surface area (Å²) in [6.07, 6.45) is 0. The summed E-state index contributed by atoms with van der Waals surface area (Å²) in [5, 5.41) is 25.9. The number of nitro groups is 1. The van der Waals surface area contributed by atoms with E-state index in [0.29, 0.717) is 0 Å². The number of carboxylic acid groups (broad SMARTS) is 1. The first-order chi connectivity index (χ1) is 7.34. The summed E-state index contributed by atoms with van der Waals surface area (Å²) < 4.78 is 1.26. The third kappa shape index (κ3) is 2.10. The van der Waals surface area contributed by atoms with Crippen molar-refractivity contribution in [3.8, 4) is 0 Å². The third-order valence-electron chi connectivity index (χ3n) is 2.10. The summed E-state index contributed by atoms with van der Waals surface area (Å²) in [5.74, 6) is -0.995. The molecule has 1 atom stereocenters. The number of hydrogen-bond acceptors (Lipinski definition) is 5. The third-order valence-corrected chi connectivity index (χ3v) is 2.10. The number of aromatic nitrogens is 2. The Morgan fingerprint density at radius 2 is 2.25 bits per heavy atom. The highest BCUT2D eigenvalue weighted by atomic mass is 16.6. The van der Waals surface area contributed by atoms with Gasteiger partial charge in [-0.25, -0.2) is 4.68 Å². The Labute approximate surface area is 91.0 Å². The fourth-order valence-corrected chi connectivity index (χ4v) is 1.29. The van der Waals surface area contributed by atoms with E-state index in [1.807, 2.05) is 0 Å². The lowest BCUT2D eigenvalue weighted by molar-refractivity contribution is -0.384. The highest BCUT2D eigenvalue weighted by molar-refractivity contribution is 5.77. The molecule has 88 valence electrons. The van der Waals surface area contributed by atoms with Crippen LogP contribution < -0.4 is 5.32 Å². The number of rotatable bonds is 4. The van der Waals surface area contributed by atoms with E-state index < -0.39 is 16.9 Å². The second kappa shape index (κ2) is 4.17. The summed E-state index contributed by atoms with van der Waals surface area (Å²) >= 11 is 0. The number of nitrogens with one attached hydrogen (secondary N) is 1. The molecule has 1 aromatic rings. The van der Waals surface area contributed by atoms with Gasteiger partial charge in [0.05, 0.1) is 4.92 Å². The first-order valence-electron chi connectivity index (χ1n) is 4.52. The summed E-state index contributed by atoms with van der Waals surface area (Å²) in [4.78, 5) is 20.8. The van der Waals surface area contributed by atoms with Gasteiger partial charge in [0.15, 0.2) is 0 Å². The van der Waals surface area contributed by atoms with E-state index >= 15 is 0 Å². The zero-order valence-electron chi connectivity index (χ0n) is 9.09. The van der Waals surface area contributed by atoms with Crippen molar-refractivity contribution in [2.75, 3.05) is 5.32 Å². The molecule has 1 heterocycles. The lowest BCUT2D eigenvalue weighted by atomic mass is 10.3. The van der Waals surface area contributed by atoms with Gasteiger partial charge in [0.2, 0.25) is 5.82 Å². The highest BCUT2D eigenvalue weighted by Gasteiger charge is 2.26. The molecule has 0 aromatic carbocycles. The summed E-state index contributed by atoms with van der Waals surface area (Å²) in [5.41, 5.74) is 0.0446. The second-order valence-corrected chi connectivity index (χ2v) is 3.37. The van der Waals surface area contributed by atoms with Crippen LogP contribution in [-0.4, -0.2) is 31.8 Å². The maximum atomic E-state index is 10.8. The maximum Gasteiger partial charge on any atom is 0.333 e. The minimum atomic E-state index is -1.09. The first kappa shape index (κ1) is 12.0. The molecule has 0 saturated heterocycles. The van der Waals surface area contributed by atoms with Crippen LogP contribution in [0, 0.1) is 17.0 Å². The van der Waals surface area contributed by atoms with Gasteiger partial charge in [-0.2, -0.15) is 5.10 Å². The predicted molar refractivity (Wildman–Crippen MR) is 55.3 cm³/mol. The molecule has 1 rings (SSSR count). The van der Waals surface area contributed by atoms with E-state index in [1.165, 1.54) is 25.6 Å². The average molecular weight is 228 g/mol. The van der Waals surface area contributed by atoms with Crippen LogP contribution in [0.25, 0.3) is 0 Å². The molecular formula is C8H12N4O4. The van der Waals surface area contributed by atoms with Gasteiger partial charge < -0.3 is 10.4 Å². The summed E-state index contributed by atoms with van der Waals surface area (Å²) in [7, 11) is 1.51. The van der Waals surface area contributed by atoms with Crippen LogP contribution in [-0.2, 0) is 11.8 Å². The van der Waals surface area contributed by atoms with Crippen LogP contribution in [0.3, 0.4) is 0 Å². The van der Waals surface area contributed by atoms with Gasteiger partial charge in [-0.3, -0.25) is 14.9 Å². The van der Waals surface area contributed by atoms with Gasteiger partial charge in [-0.1, -0.05) is 0 Å². The molecular weight excluding hydrogens is 216 g/mol. The Morgan fingerprint density at radius 3 is 2.69 bits per heavy atom. The topological polar surface area (TPSA) is 110 Å². The summed E-state index contributed by atoms with van der Waals surface area (Å²) in [6.45, 7) is 2.89. The number of anilines is 1. The molecule has 0 bridgehead atoms. The van der Waals surface area contributed by atoms with Gasteiger partial charge in [0.25, 0.3) is 0 Å². The quantitative estimate of drug-likeness (QED) is 0.574. The van der Waals surface area contributed by atoms with Gasteiger partial charge in [-0.05, 0) is 13.8 Å². The van der Waals surface area contributed by atoms with Crippen molar-refractivity contribution in [2.24, 2.45) is 7.05 Å². The van der Waals surface area contributed by atoms with Crippen LogP contribution >= 0.6 is 0 Å². The van der Waals surface area contributed by atoms with Gasteiger partial charge in [-0.15, -0.1) is 0 Å². The van der Waals surface area contributed by atoms with Crippen molar-refractivity contribution in [2.45, 2.75) is 19.9 Å². The van der Waals surface area contributed by atoms with Gasteiger partial charge in [0.1, 0.15) is 11.7 Å². The average Bonchev–Trinajstić information content (AvgIpc) is 2.41. The smallest absolute Gasteiger partial charge is 0.333 e. The highest BCUT2D eigenvalue weighted by Crippen LogP contribution is 2.27. The number of carboxylic acids is 1. The predicted octanol–water partition coefficient (Wildman–Crippen LogP) is 0.522. The molecule has 8 nitrogen and oxygen atoms in total. The first-order valence-corrected chi connectivity index (χ1v) is 4.52. The van der Waals surface area contributed by atoms with Crippen LogP contribution in [0.5, 0.6) is 0 Å².